The van der Waals surface area contributed by atoms with Crippen molar-refractivity contribution in [2.75, 3.05) is 23.7 Å². The van der Waals surface area contributed by atoms with Gasteiger partial charge in [-0.15, -0.1) is 11.3 Å². The van der Waals surface area contributed by atoms with Gasteiger partial charge < -0.3 is 21.1 Å². The average Bonchev–Trinajstić information content (AvgIpc) is 2.95. The lowest BCUT2D eigenvalue weighted by Crippen LogP contribution is -2.21. The van der Waals surface area contributed by atoms with Gasteiger partial charge in [0.15, 0.2) is 5.75 Å². The molecule has 1 aromatic heterocycles. The first kappa shape index (κ1) is 15.9. The van der Waals surface area contributed by atoms with Crippen LogP contribution in [0.3, 0.4) is 0 Å². The van der Waals surface area contributed by atoms with Gasteiger partial charge in [-0.1, -0.05) is 13.8 Å². The van der Waals surface area contributed by atoms with Crippen LogP contribution in [0.5, 0.6) is 5.75 Å². The van der Waals surface area contributed by atoms with E-state index < -0.39 is 5.91 Å². The van der Waals surface area contributed by atoms with E-state index in [9.17, 15) is 4.79 Å². The van der Waals surface area contributed by atoms with E-state index in [4.69, 9.17) is 16.2 Å². The van der Waals surface area contributed by atoms with Gasteiger partial charge in [0, 0.05) is 13.1 Å². The number of anilines is 2. The monoisotopic (exact) mass is 311 g/mol. The molecule has 1 atom stereocenters. The largest absolute Gasteiger partial charge is 0.486 e. The zero-order valence-electron chi connectivity index (χ0n) is 13.2. The number of hydrogen-bond donors (Lipinski definition) is 2. The Morgan fingerprint density at radius 3 is 2.52 bits per heavy atom. The molecule has 1 amide bonds. The zero-order valence-corrected chi connectivity index (χ0v) is 14.0. The van der Waals surface area contributed by atoms with Gasteiger partial charge in [0.1, 0.15) is 15.6 Å². The highest BCUT2D eigenvalue weighted by Crippen LogP contribution is 2.47. The van der Waals surface area contributed by atoms with E-state index in [0.29, 0.717) is 28.1 Å². The molecule has 1 fully saturated rings. The Hall–Kier alpha value is -1.43. The molecule has 1 aliphatic heterocycles. The van der Waals surface area contributed by atoms with Crippen LogP contribution in [-0.4, -0.2) is 25.1 Å². The summed E-state index contributed by atoms with van der Waals surface area (Å²) in [5.41, 5.74) is 11.9. The minimum absolute atomic E-state index is 0.00451. The van der Waals surface area contributed by atoms with Crippen LogP contribution < -0.4 is 21.1 Å². The van der Waals surface area contributed by atoms with Crippen LogP contribution in [0.1, 0.15) is 43.8 Å². The average molecular weight is 311 g/mol. The quantitative estimate of drug-likeness (QED) is 0.876. The van der Waals surface area contributed by atoms with Crippen molar-refractivity contribution in [3.05, 3.63) is 4.88 Å². The number of primary amides is 1. The summed E-state index contributed by atoms with van der Waals surface area (Å²) in [6, 6.07) is 0. The number of nitrogen functional groups attached to an aromatic ring is 1. The molecule has 0 aromatic carbocycles. The van der Waals surface area contributed by atoms with E-state index >= 15 is 0 Å². The fourth-order valence-corrected chi connectivity index (χ4v) is 3.72. The van der Waals surface area contributed by atoms with Crippen LogP contribution >= 0.6 is 11.3 Å². The van der Waals surface area contributed by atoms with Gasteiger partial charge in [-0.05, 0) is 32.1 Å². The molecule has 1 unspecified atom stereocenters. The summed E-state index contributed by atoms with van der Waals surface area (Å²) in [5, 5.41) is 0.943. The van der Waals surface area contributed by atoms with E-state index in [1.165, 1.54) is 11.3 Å². The Labute approximate surface area is 130 Å². The van der Waals surface area contributed by atoms with Gasteiger partial charge in [-0.3, -0.25) is 4.79 Å². The molecule has 0 aliphatic carbocycles. The number of amides is 1. The minimum atomic E-state index is -0.489. The van der Waals surface area contributed by atoms with Crippen LogP contribution in [0, 0.1) is 11.8 Å². The smallest absolute Gasteiger partial charge is 0.261 e. The van der Waals surface area contributed by atoms with Crippen molar-refractivity contribution in [1.29, 1.82) is 0 Å². The number of thiophene rings is 1. The Bertz CT molecular complexity index is 525. The topological polar surface area (TPSA) is 81.6 Å². The van der Waals surface area contributed by atoms with Gasteiger partial charge in [0.2, 0.25) is 0 Å². The van der Waals surface area contributed by atoms with Crippen molar-refractivity contribution in [1.82, 2.24) is 0 Å². The van der Waals surface area contributed by atoms with Crippen molar-refractivity contribution >= 4 is 27.9 Å². The highest BCUT2D eigenvalue weighted by atomic mass is 32.1. The molecule has 2 rings (SSSR count). The maximum absolute atomic E-state index is 11.5. The summed E-state index contributed by atoms with van der Waals surface area (Å²) in [5.74, 6) is 1.44. The molecule has 0 saturated carbocycles. The Morgan fingerprint density at radius 2 is 2.05 bits per heavy atom. The summed E-state index contributed by atoms with van der Waals surface area (Å²) in [6.45, 7) is 10.3. The van der Waals surface area contributed by atoms with Gasteiger partial charge >= 0.3 is 0 Å². The second-order valence-electron chi connectivity index (χ2n) is 6.25. The van der Waals surface area contributed by atoms with Gasteiger partial charge in [0.25, 0.3) is 5.91 Å². The second kappa shape index (κ2) is 6.13. The summed E-state index contributed by atoms with van der Waals surface area (Å²) < 4.78 is 5.85. The Kier molecular flexibility index (Phi) is 4.66. The first-order valence-corrected chi connectivity index (χ1v) is 8.26. The lowest BCUT2D eigenvalue weighted by Gasteiger charge is -2.21. The van der Waals surface area contributed by atoms with Crippen LogP contribution in [-0.2, 0) is 0 Å². The van der Waals surface area contributed by atoms with Crippen molar-refractivity contribution in [2.45, 2.75) is 40.2 Å². The molecule has 118 valence electrons. The molecule has 0 bridgehead atoms. The molecule has 1 aromatic rings. The number of carbonyl (C=O) groups excluding carboxylic acids is 1. The molecule has 1 saturated heterocycles. The van der Waals surface area contributed by atoms with Gasteiger partial charge in [-0.2, -0.15) is 0 Å². The van der Waals surface area contributed by atoms with Crippen molar-refractivity contribution < 1.29 is 9.53 Å². The van der Waals surface area contributed by atoms with Crippen molar-refractivity contribution in [3.8, 4) is 5.75 Å². The number of nitrogens with zero attached hydrogens (tertiary/aromatic N) is 1. The molecule has 1 aliphatic rings. The molecule has 5 nitrogen and oxygen atoms in total. The molecule has 0 spiro atoms. The molecule has 21 heavy (non-hydrogen) atoms. The van der Waals surface area contributed by atoms with Crippen molar-refractivity contribution in [3.63, 3.8) is 0 Å². The number of nitrogens with two attached hydrogens (primary N) is 2. The Balaban J connectivity index is 2.34. The molecule has 0 radical (unpaired) electrons. The number of rotatable bonds is 5. The first-order chi connectivity index (χ1) is 9.81. The van der Waals surface area contributed by atoms with Gasteiger partial charge in [-0.25, -0.2) is 0 Å². The first-order valence-electron chi connectivity index (χ1n) is 7.44. The number of hydrogen-bond acceptors (Lipinski definition) is 5. The molecular weight excluding hydrogens is 286 g/mol. The summed E-state index contributed by atoms with van der Waals surface area (Å²) in [4.78, 5) is 14.2. The van der Waals surface area contributed by atoms with E-state index in [1.807, 2.05) is 13.8 Å². The summed E-state index contributed by atoms with van der Waals surface area (Å²) in [7, 11) is 0. The highest BCUT2D eigenvalue weighted by molar-refractivity contribution is 7.19. The predicted octanol–water partition coefficient (Wildman–Crippen LogP) is 2.70. The third kappa shape index (κ3) is 3.26. The Morgan fingerprint density at radius 1 is 1.38 bits per heavy atom. The zero-order chi connectivity index (χ0) is 15.7. The second-order valence-corrected chi connectivity index (χ2v) is 7.25. The third-order valence-corrected chi connectivity index (χ3v) is 5.18. The van der Waals surface area contributed by atoms with E-state index in [2.05, 4.69) is 18.7 Å². The van der Waals surface area contributed by atoms with E-state index in [-0.39, 0.29) is 6.10 Å². The van der Waals surface area contributed by atoms with Crippen LogP contribution in [0.15, 0.2) is 0 Å². The fraction of sp³-hybridized carbons (Fsp3) is 0.667. The van der Waals surface area contributed by atoms with Crippen molar-refractivity contribution in [2.24, 2.45) is 17.6 Å². The van der Waals surface area contributed by atoms with Crippen LogP contribution in [0.2, 0.25) is 0 Å². The lowest BCUT2D eigenvalue weighted by atomic mass is 9.95. The normalized spacial score (nSPS) is 18.8. The molecule has 2 heterocycles. The van der Waals surface area contributed by atoms with Gasteiger partial charge in [0.05, 0.1) is 6.10 Å². The summed E-state index contributed by atoms with van der Waals surface area (Å²) >= 11 is 1.35. The standard InChI is InChI=1S/C15H25N3O2S/c1-8(2)10-5-6-18(7-10)15-12(20-9(3)4)11(16)13(21-15)14(17)19/h8-10H,5-7,16H2,1-4H3,(H2,17,19). The number of carbonyl (C=O) groups is 1. The van der Waals surface area contributed by atoms with E-state index in [1.54, 1.807) is 0 Å². The highest BCUT2D eigenvalue weighted by Gasteiger charge is 2.31. The lowest BCUT2D eigenvalue weighted by molar-refractivity contribution is 0.100. The summed E-state index contributed by atoms with van der Waals surface area (Å²) in [6.07, 6.45) is 1.16. The molecular formula is C15H25N3O2S. The fourth-order valence-electron chi connectivity index (χ4n) is 2.67. The maximum Gasteiger partial charge on any atom is 0.261 e. The molecule has 6 heteroatoms. The maximum atomic E-state index is 11.5. The van der Waals surface area contributed by atoms with Crippen LogP contribution in [0.25, 0.3) is 0 Å². The molecule has 4 N–H and O–H groups in total. The predicted molar refractivity (Wildman–Crippen MR) is 88.2 cm³/mol. The van der Waals surface area contributed by atoms with Crippen LogP contribution in [0.4, 0.5) is 10.7 Å². The minimum Gasteiger partial charge on any atom is -0.486 e. The SMILES string of the molecule is CC(C)Oc1c(N2CCC(C(C)C)C2)sc(C(N)=O)c1N. The third-order valence-electron chi connectivity index (χ3n) is 3.91. The van der Waals surface area contributed by atoms with E-state index in [0.717, 1.165) is 24.5 Å². The number of ether oxygens (including phenoxy) is 1.